The minimum absolute atomic E-state index is 0.166. The minimum atomic E-state index is -0.216. The summed E-state index contributed by atoms with van der Waals surface area (Å²) in [4.78, 5) is 26.5. The quantitative estimate of drug-likeness (QED) is 0.778. The normalized spacial score (nSPS) is 10.3. The molecule has 0 saturated heterocycles. The molecular weight excluding hydrogens is 367 g/mol. The summed E-state index contributed by atoms with van der Waals surface area (Å²) in [7, 11) is 3.29. The average molecular weight is 383 g/mol. The van der Waals surface area contributed by atoms with Crippen molar-refractivity contribution in [3.63, 3.8) is 0 Å². The molecule has 0 spiro atoms. The van der Waals surface area contributed by atoms with Crippen molar-refractivity contribution in [1.29, 1.82) is 0 Å². The van der Waals surface area contributed by atoms with Crippen LogP contribution < -0.4 is 5.32 Å². The third-order valence-electron chi connectivity index (χ3n) is 3.07. The van der Waals surface area contributed by atoms with Crippen LogP contribution in [-0.2, 0) is 4.79 Å². The molecule has 0 radical (unpaired) electrons. The summed E-state index contributed by atoms with van der Waals surface area (Å²) < 4.78 is 0. The van der Waals surface area contributed by atoms with Gasteiger partial charge in [0, 0.05) is 29.7 Å². The van der Waals surface area contributed by atoms with Crippen LogP contribution in [0.3, 0.4) is 0 Å². The van der Waals surface area contributed by atoms with E-state index in [1.165, 1.54) is 16.7 Å². The first-order valence-corrected chi connectivity index (χ1v) is 8.80. The van der Waals surface area contributed by atoms with Crippen LogP contribution in [0.1, 0.15) is 10.4 Å². The Bertz CT molecular complexity index is 749. The van der Waals surface area contributed by atoms with Gasteiger partial charge in [-0.15, -0.1) is 11.8 Å². The lowest BCUT2D eigenvalue weighted by Crippen LogP contribution is -2.22. The highest BCUT2D eigenvalue weighted by Crippen LogP contribution is 2.23. The zero-order valence-corrected chi connectivity index (χ0v) is 15.5. The van der Waals surface area contributed by atoms with Crippen molar-refractivity contribution in [2.75, 3.05) is 25.2 Å². The van der Waals surface area contributed by atoms with Crippen molar-refractivity contribution in [3.05, 3.63) is 58.1 Å². The number of nitrogens with zero attached hydrogens (tertiary/aromatic N) is 1. The molecule has 0 unspecified atom stereocenters. The van der Waals surface area contributed by atoms with Crippen LogP contribution in [0.25, 0.3) is 0 Å². The van der Waals surface area contributed by atoms with Gasteiger partial charge in [0.25, 0.3) is 5.91 Å². The van der Waals surface area contributed by atoms with E-state index in [4.69, 9.17) is 23.2 Å². The van der Waals surface area contributed by atoms with E-state index in [2.05, 4.69) is 5.32 Å². The van der Waals surface area contributed by atoms with Gasteiger partial charge in [0.15, 0.2) is 0 Å². The van der Waals surface area contributed by atoms with Crippen LogP contribution in [0.2, 0.25) is 10.0 Å². The second-order valence-electron chi connectivity index (χ2n) is 5.18. The van der Waals surface area contributed by atoms with Crippen LogP contribution in [0.15, 0.2) is 47.4 Å². The summed E-state index contributed by atoms with van der Waals surface area (Å²) >= 11 is 13.3. The van der Waals surface area contributed by atoms with Crippen LogP contribution in [0.4, 0.5) is 5.69 Å². The Hall–Kier alpha value is -1.69. The van der Waals surface area contributed by atoms with Gasteiger partial charge >= 0.3 is 0 Å². The lowest BCUT2D eigenvalue weighted by molar-refractivity contribution is -0.113. The molecule has 0 aliphatic carbocycles. The molecule has 24 heavy (non-hydrogen) atoms. The number of hydrogen-bond acceptors (Lipinski definition) is 3. The predicted octanol–water partition coefficient (Wildman–Crippen LogP) is 4.43. The van der Waals surface area contributed by atoms with Crippen molar-refractivity contribution < 1.29 is 9.59 Å². The van der Waals surface area contributed by atoms with Crippen LogP contribution in [0.5, 0.6) is 0 Å². The number of thioether (sulfide) groups is 1. The van der Waals surface area contributed by atoms with Crippen molar-refractivity contribution in [1.82, 2.24) is 4.90 Å². The highest BCUT2D eigenvalue weighted by molar-refractivity contribution is 8.00. The fraction of sp³-hybridized carbons (Fsp3) is 0.176. The predicted molar refractivity (Wildman–Crippen MR) is 100 cm³/mol. The summed E-state index contributed by atoms with van der Waals surface area (Å²) in [6, 6.07) is 12.1. The van der Waals surface area contributed by atoms with Gasteiger partial charge < -0.3 is 10.2 Å². The molecule has 2 aromatic carbocycles. The van der Waals surface area contributed by atoms with Gasteiger partial charge in [-0.1, -0.05) is 23.2 Å². The van der Waals surface area contributed by atoms with E-state index < -0.39 is 0 Å². The first-order valence-electron chi connectivity index (χ1n) is 7.06. The molecule has 126 valence electrons. The van der Waals surface area contributed by atoms with Gasteiger partial charge in [-0.25, -0.2) is 0 Å². The van der Waals surface area contributed by atoms with E-state index in [1.807, 2.05) is 12.1 Å². The average Bonchev–Trinajstić information content (AvgIpc) is 2.55. The summed E-state index contributed by atoms with van der Waals surface area (Å²) in [5.41, 5.74) is 0.885. The maximum Gasteiger partial charge on any atom is 0.254 e. The van der Waals surface area contributed by atoms with Crippen LogP contribution >= 0.6 is 35.0 Å². The maximum atomic E-state index is 12.1. The highest BCUT2D eigenvalue weighted by atomic mass is 35.5. The van der Waals surface area contributed by atoms with Gasteiger partial charge in [0.2, 0.25) is 5.91 Å². The van der Waals surface area contributed by atoms with Crippen molar-refractivity contribution in [3.8, 4) is 0 Å². The van der Waals surface area contributed by atoms with Gasteiger partial charge in [-0.2, -0.15) is 0 Å². The number of anilines is 1. The highest BCUT2D eigenvalue weighted by Gasteiger charge is 2.14. The largest absolute Gasteiger partial charge is 0.345 e. The molecule has 1 N–H and O–H groups in total. The number of nitrogens with one attached hydrogen (secondary N) is 1. The van der Waals surface area contributed by atoms with Crippen molar-refractivity contribution >= 4 is 52.5 Å². The molecule has 2 amide bonds. The fourth-order valence-corrected chi connectivity index (χ4v) is 2.91. The smallest absolute Gasteiger partial charge is 0.254 e. The lowest BCUT2D eigenvalue weighted by Gasteiger charge is -2.13. The second kappa shape index (κ2) is 8.42. The molecule has 0 bridgehead atoms. The monoisotopic (exact) mass is 382 g/mol. The third-order valence-corrected chi connectivity index (χ3v) is 4.66. The van der Waals surface area contributed by atoms with Gasteiger partial charge in [-0.05, 0) is 42.5 Å². The molecule has 0 fully saturated rings. The first-order chi connectivity index (χ1) is 11.4. The molecule has 2 rings (SSSR count). The molecular formula is C17H16Cl2N2O2S. The summed E-state index contributed by atoms with van der Waals surface area (Å²) in [6.07, 6.45) is 0. The van der Waals surface area contributed by atoms with Crippen molar-refractivity contribution in [2.24, 2.45) is 0 Å². The van der Waals surface area contributed by atoms with Gasteiger partial charge in [0.05, 0.1) is 16.3 Å². The minimum Gasteiger partial charge on any atom is -0.345 e. The SMILES string of the molecule is CN(C)C(=O)c1cc(NC(=O)CSc2ccc(Cl)cc2)ccc1Cl. The molecule has 0 aliphatic rings. The Morgan fingerprint density at radius 2 is 1.75 bits per heavy atom. The lowest BCUT2D eigenvalue weighted by atomic mass is 10.1. The molecule has 0 saturated carbocycles. The Morgan fingerprint density at radius 1 is 1.08 bits per heavy atom. The standard InChI is InChI=1S/C17H16Cl2N2O2S/c1-21(2)17(23)14-9-12(5-8-15(14)19)20-16(22)10-24-13-6-3-11(18)4-7-13/h3-9H,10H2,1-2H3,(H,20,22). The number of benzene rings is 2. The molecule has 0 heterocycles. The van der Waals surface area contributed by atoms with E-state index in [-0.39, 0.29) is 17.6 Å². The van der Waals surface area contributed by atoms with E-state index >= 15 is 0 Å². The Morgan fingerprint density at radius 3 is 2.38 bits per heavy atom. The fourth-order valence-electron chi connectivity index (χ4n) is 1.88. The number of carbonyl (C=O) groups is 2. The molecule has 7 heteroatoms. The number of carbonyl (C=O) groups excluding carboxylic acids is 2. The Labute approximate surface area is 155 Å². The Balaban J connectivity index is 2.00. The van der Waals surface area contributed by atoms with Crippen LogP contribution in [-0.4, -0.2) is 36.6 Å². The van der Waals surface area contributed by atoms with E-state index in [0.717, 1.165) is 4.90 Å². The topological polar surface area (TPSA) is 49.4 Å². The van der Waals surface area contributed by atoms with Gasteiger partial charge in [0.1, 0.15) is 0 Å². The van der Waals surface area contributed by atoms with E-state index in [9.17, 15) is 9.59 Å². The zero-order chi connectivity index (χ0) is 17.7. The summed E-state index contributed by atoms with van der Waals surface area (Å²) in [5, 5.41) is 3.77. The molecule has 4 nitrogen and oxygen atoms in total. The number of amides is 2. The summed E-state index contributed by atoms with van der Waals surface area (Å²) in [5.74, 6) is -0.131. The van der Waals surface area contributed by atoms with Gasteiger partial charge in [-0.3, -0.25) is 9.59 Å². The van der Waals surface area contributed by atoms with Crippen molar-refractivity contribution in [2.45, 2.75) is 4.90 Å². The second-order valence-corrected chi connectivity index (χ2v) is 7.08. The Kier molecular flexibility index (Phi) is 6.54. The molecule has 0 aromatic heterocycles. The summed E-state index contributed by atoms with van der Waals surface area (Å²) in [6.45, 7) is 0. The third kappa shape index (κ3) is 5.16. The molecule has 0 atom stereocenters. The molecule has 0 aliphatic heterocycles. The number of hydrogen-bond donors (Lipinski definition) is 1. The number of halogens is 2. The van der Waals surface area contributed by atoms with Crippen LogP contribution in [0, 0.1) is 0 Å². The van der Waals surface area contributed by atoms with E-state index in [1.54, 1.807) is 44.4 Å². The molecule has 2 aromatic rings. The zero-order valence-electron chi connectivity index (χ0n) is 13.2. The number of rotatable bonds is 5. The maximum absolute atomic E-state index is 12.1. The first kappa shape index (κ1) is 18.6. The van der Waals surface area contributed by atoms with E-state index in [0.29, 0.717) is 21.3 Å².